The highest BCUT2D eigenvalue weighted by Crippen LogP contribution is 2.27. The first-order valence-corrected chi connectivity index (χ1v) is 16.8. The minimum absolute atomic E-state index is 0.0361. The van der Waals surface area contributed by atoms with Gasteiger partial charge >= 0.3 is 0 Å². The molecule has 0 aliphatic heterocycles. The number of anilines is 1. The van der Waals surface area contributed by atoms with Crippen molar-refractivity contribution in [1.82, 2.24) is 10.2 Å². The third-order valence-corrected chi connectivity index (χ3v) is 9.75. The van der Waals surface area contributed by atoms with Crippen LogP contribution < -0.4 is 19.1 Å². The van der Waals surface area contributed by atoms with Gasteiger partial charge in [0.1, 0.15) is 29.9 Å². The van der Waals surface area contributed by atoms with Crippen LogP contribution in [0.4, 0.5) is 10.1 Å². The summed E-state index contributed by atoms with van der Waals surface area (Å²) >= 11 is 0. The number of carbonyl (C=O) groups is 2. The van der Waals surface area contributed by atoms with Gasteiger partial charge in [-0.1, -0.05) is 38.3 Å². The van der Waals surface area contributed by atoms with Gasteiger partial charge in [0, 0.05) is 12.6 Å². The van der Waals surface area contributed by atoms with Crippen molar-refractivity contribution in [3.8, 4) is 11.5 Å². The normalized spacial score (nSPS) is 14.3. The fourth-order valence-corrected chi connectivity index (χ4v) is 6.94. The van der Waals surface area contributed by atoms with Gasteiger partial charge in [0.05, 0.1) is 24.3 Å². The third kappa shape index (κ3) is 8.75. The number of rotatable bonds is 14. The predicted octanol–water partition coefficient (Wildman–Crippen LogP) is 5.68. The first-order chi connectivity index (χ1) is 21.7. The summed E-state index contributed by atoms with van der Waals surface area (Å²) in [6.07, 6.45) is 5.29. The molecule has 0 radical (unpaired) electrons. The Bertz CT molecular complexity index is 1510. The van der Waals surface area contributed by atoms with E-state index in [1.807, 2.05) is 13.8 Å². The summed E-state index contributed by atoms with van der Waals surface area (Å²) in [4.78, 5) is 29.3. The van der Waals surface area contributed by atoms with Crippen LogP contribution in [0.15, 0.2) is 77.7 Å². The maximum atomic E-state index is 14.3. The zero-order valence-electron chi connectivity index (χ0n) is 26.1. The number of hydrogen-bond acceptors (Lipinski definition) is 6. The van der Waals surface area contributed by atoms with Crippen molar-refractivity contribution in [2.24, 2.45) is 0 Å². The van der Waals surface area contributed by atoms with Crippen molar-refractivity contribution in [1.29, 1.82) is 0 Å². The molecule has 2 amide bonds. The second-order valence-electron chi connectivity index (χ2n) is 11.0. The minimum atomic E-state index is -4.29. The lowest BCUT2D eigenvalue weighted by molar-refractivity contribution is -0.140. The van der Waals surface area contributed by atoms with Crippen LogP contribution in [-0.2, 0) is 26.2 Å². The van der Waals surface area contributed by atoms with E-state index in [4.69, 9.17) is 9.47 Å². The van der Waals surface area contributed by atoms with Crippen LogP contribution in [0.25, 0.3) is 0 Å². The topological polar surface area (TPSA) is 105 Å². The van der Waals surface area contributed by atoms with E-state index in [2.05, 4.69) is 5.32 Å². The molecule has 242 valence electrons. The summed E-state index contributed by atoms with van der Waals surface area (Å²) < 4.78 is 53.7. The largest absolute Gasteiger partial charge is 0.497 e. The van der Waals surface area contributed by atoms with Crippen LogP contribution in [0.2, 0.25) is 0 Å². The van der Waals surface area contributed by atoms with Gasteiger partial charge in [0.15, 0.2) is 0 Å². The van der Waals surface area contributed by atoms with Crippen LogP contribution in [-0.4, -0.2) is 57.5 Å². The number of halogens is 1. The van der Waals surface area contributed by atoms with Gasteiger partial charge in [-0.2, -0.15) is 0 Å². The molecular weight excluding hydrogens is 597 g/mol. The Kier molecular flexibility index (Phi) is 11.8. The van der Waals surface area contributed by atoms with E-state index in [9.17, 15) is 22.4 Å². The molecule has 0 unspecified atom stereocenters. The summed E-state index contributed by atoms with van der Waals surface area (Å²) in [7, 11) is -2.74. The van der Waals surface area contributed by atoms with Crippen LogP contribution in [0.1, 0.15) is 57.9 Å². The Hall–Kier alpha value is -4.12. The van der Waals surface area contributed by atoms with Gasteiger partial charge < -0.3 is 19.7 Å². The second-order valence-corrected chi connectivity index (χ2v) is 12.9. The molecule has 0 bridgehead atoms. The lowest BCUT2D eigenvalue weighted by Crippen LogP contribution is -2.54. The number of methoxy groups -OCH3 is 1. The number of sulfonamides is 1. The number of hydrogen-bond donors (Lipinski definition) is 1. The molecule has 45 heavy (non-hydrogen) atoms. The number of amides is 2. The third-order valence-electron chi connectivity index (χ3n) is 7.97. The first-order valence-electron chi connectivity index (χ1n) is 15.4. The molecule has 9 nitrogen and oxygen atoms in total. The monoisotopic (exact) mass is 639 g/mol. The quantitative estimate of drug-likeness (QED) is 0.243. The van der Waals surface area contributed by atoms with Gasteiger partial charge in [0.25, 0.3) is 10.0 Å². The maximum absolute atomic E-state index is 14.3. The zero-order chi connectivity index (χ0) is 32.4. The average molecular weight is 640 g/mol. The van der Waals surface area contributed by atoms with Crippen molar-refractivity contribution >= 4 is 27.5 Å². The van der Waals surface area contributed by atoms with E-state index in [-0.39, 0.29) is 29.1 Å². The molecule has 1 N–H and O–H groups in total. The number of nitrogens with zero attached hydrogens (tertiary/aromatic N) is 2. The van der Waals surface area contributed by atoms with Gasteiger partial charge in [-0.25, -0.2) is 12.8 Å². The smallest absolute Gasteiger partial charge is 0.264 e. The molecule has 1 saturated carbocycles. The highest BCUT2D eigenvalue weighted by Gasteiger charge is 2.34. The highest BCUT2D eigenvalue weighted by atomic mass is 32.2. The van der Waals surface area contributed by atoms with Crippen molar-refractivity contribution < 1.29 is 31.9 Å². The van der Waals surface area contributed by atoms with Crippen molar-refractivity contribution in [3.05, 3.63) is 84.2 Å². The Morgan fingerprint density at radius 2 is 1.53 bits per heavy atom. The van der Waals surface area contributed by atoms with E-state index >= 15 is 0 Å². The zero-order valence-corrected chi connectivity index (χ0v) is 26.9. The van der Waals surface area contributed by atoms with Crippen molar-refractivity contribution in [3.63, 3.8) is 0 Å². The Balaban J connectivity index is 1.69. The van der Waals surface area contributed by atoms with Crippen LogP contribution in [0.3, 0.4) is 0 Å². The Morgan fingerprint density at radius 3 is 2.11 bits per heavy atom. The average Bonchev–Trinajstić information content (AvgIpc) is 3.05. The fourth-order valence-electron chi connectivity index (χ4n) is 5.53. The molecule has 0 aromatic heterocycles. The van der Waals surface area contributed by atoms with Crippen LogP contribution in [0, 0.1) is 5.82 Å². The van der Waals surface area contributed by atoms with Crippen LogP contribution >= 0.6 is 0 Å². The molecule has 3 aromatic rings. The van der Waals surface area contributed by atoms with Gasteiger partial charge in [0.2, 0.25) is 11.8 Å². The number of ether oxygens (including phenoxy) is 2. The molecule has 4 rings (SSSR count). The molecule has 11 heteroatoms. The van der Waals surface area contributed by atoms with Gasteiger partial charge in [-0.3, -0.25) is 13.9 Å². The fraction of sp³-hybridized carbons (Fsp3) is 0.412. The van der Waals surface area contributed by atoms with Gasteiger partial charge in [-0.05, 0) is 92.4 Å². The summed E-state index contributed by atoms with van der Waals surface area (Å²) in [6, 6.07) is 17.1. The SMILES string of the molecule is CCOc1ccc(S(=O)(=O)N(CC(=O)N(Cc2ccc(OC)cc2)[C@@H](CC)C(=O)NC2CCCCC2)c2ccc(F)cc2)cc1. The molecule has 1 aliphatic rings. The number of carbonyl (C=O) groups excluding carboxylic acids is 2. The number of benzene rings is 3. The first kappa shape index (κ1) is 33.8. The summed E-state index contributed by atoms with van der Waals surface area (Å²) in [5, 5.41) is 3.13. The predicted molar refractivity (Wildman–Crippen MR) is 171 cm³/mol. The van der Waals surface area contributed by atoms with E-state index in [1.54, 1.807) is 43.5 Å². The van der Waals surface area contributed by atoms with E-state index in [0.717, 1.165) is 54.1 Å². The summed E-state index contributed by atoms with van der Waals surface area (Å²) in [6.45, 7) is 3.53. The van der Waals surface area contributed by atoms with E-state index in [0.29, 0.717) is 24.5 Å². The molecule has 1 atom stereocenters. The lowest BCUT2D eigenvalue weighted by atomic mass is 9.95. The second kappa shape index (κ2) is 15.7. The van der Waals surface area contributed by atoms with Gasteiger partial charge in [-0.15, -0.1) is 0 Å². The Morgan fingerprint density at radius 1 is 0.911 bits per heavy atom. The molecule has 0 spiro atoms. The van der Waals surface area contributed by atoms with E-state index in [1.165, 1.54) is 29.2 Å². The molecule has 3 aromatic carbocycles. The molecule has 0 saturated heterocycles. The Labute approximate surface area is 265 Å². The molecule has 1 aliphatic carbocycles. The standard InChI is InChI=1S/C34H42FN3O6S/c1-4-32(34(40)36-27-9-7-6-8-10-27)37(23-25-11-17-29(43-3)18-12-25)33(39)24-38(28-15-13-26(35)14-16-28)45(41,42)31-21-19-30(20-22-31)44-5-2/h11-22,27,32H,4-10,23-24H2,1-3H3,(H,36,40)/t32-/m0/s1. The maximum Gasteiger partial charge on any atom is 0.264 e. The molecule has 1 fully saturated rings. The molecular formula is C34H42FN3O6S. The highest BCUT2D eigenvalue weighted by molar-refractivity contribution is 7.92. The van der Waals surface area contributed by atoms with E-state index < -0.39 is 34.3 Å². The summed E-state index contributed by atoms with van der Waals surface area (Å²) in [5.41, 5.74) is 0.860. The van der Waals surface area contributed by atoms with Crippen LogP contribution in [0.5, 0.6) is 11.5 Å². The minimum Gasteiger partial charge on any atom is -0.497 e. The van der Waals surface area contributed by atoms with Crippen molar-refractivity contribution in [2.75, 3.05) is 24.6 Å². The lowest BCUT2D eigenvalue weighted by Gasteiger charge is -2.34. The molecule has 0 heterocycles. The van der Waals surface area contributed by atoms with Crippen molar-refractivity contribution in [2.45, 2.75) is 75.9 Å². The number of nitrogens with one attached hydrogen (secondary N) is 1. The summed E-state index contributed by atoms with van der Waals surface area (Å²) in [5.74, 6) is -0.247.